The van der Waals surface area contributed by atoms with Crippen molar-refractivity contribution in [3.05, 3.63) is 0 Å². The van der Waals surface area contributed by atoms with Gasteiger partial charge >= 0.3 is 0 Å². The number of rotatable bonds is 4. The average Bonchev–Trinajstić information content (AvgIpc) is 2.47. The number of nitrogens with one attached hydrogen (secondary N) is 2. The van der Waals surface area contributed by atoms with Gasteiger partial charge in [0.2, 0.25) is 5.91 Å². The third kappa shape index (κ3) is 5.40. The van der Waals surface area contributed by atoms with E-state index >= 15 is 0 Å². The molecule has 21 heavy (non-hydrogen) atoms. The highest BCUT2D eigenvalue weighted by molar-refractivity contribution is 5.85. The quantitative estimate of drug-likeness (QED) is 0.812. The van der Waals surface area contributed by atoms with E-state index < -0.39 is 0 Å². The highest BCUT2D eigenvalue weighted by atomic mass is 35.5. The average molecular weight is 320 g/mol. The lowest BCUT2D eigenvalue weighted by molar-refractivity contribution is -0.127. The van der Waals surface area contributed by atoms with Crippen LogP contribution in [0.4, 0.5) is 0 Å². The zero-order chi connectivity index (χ0) is 14.5. The molecule has 2 rings (SSSR count). The van der Waals surface area contributed by atoms with Gasteiger partial charge in [-0.25, -0.2) is 0 Å². The summed E-state index contributed by atoms with van der Waals surface area (Å²) in [4.78, 5) is 14.8. The molecule has 2 fully saturated rings. The highest BCUT2D eigenvalue weighted by Crippen LogP contribution is 2.17. The summed E-state index contributed by atoms with van der Waals surface area (Å²) in [5.74, 6) is 0.400. The number of piperidine rings is 1. The minimum Gasteiger partial charge on any atom is -0.379 e. The third-order valence-corrected chi connectivity index (χ3v) is 4.71. The largest absolute Gasteiger partial charge is 0.379 e. The molecule has 0 aromatic carbocycles. The Balaban J connectivity index is 0.00000220. The van der Waals surface area contributed by atoms with Crippen molar-refractivity contribution in [3.63, 3.8) is 0 Å². The van der Waals surface area contributed by atoms with Gasteiger partial charge in [-0.05, 0) is 40.2 Å². The molecule has 5 nitrogen and oxygen atoms in total. The van der Waals surface area contributed by atoms with Gasteiger partial charge in [-0.2, -0.15) is 0 Å². The second-order valence-corrected chi connectivity index (χ2v) is 6.26. The molecule has 124 valence electrons. The number of ether oxygens (including phenoxy) is 1. The first-order valence-electron chi connectivity index (χ1n) is 7.93. The van der Waals surface area contributed by atoms with E-state index in [-0.39, 0.29) is 30.3 Å². The molecule has 2 aliphatic rings. The van der Waals surface area contributed by atoms with Gasteiger partial charge in [0.15, 0.2) is 0 Å². The number of morpholine rings is 1. The Morgan fingerprint density at radius 3 is 2.62 bits per heavy atom. The van der Waals surface area contributed by atoms with Crippen LogP contribution in [-0.2, 0) is 9.53 Å². The zero-order valence-corrected chi connectivity index (χ0v) is 14.2. The van der Waals surface area contributed by atoms with Crippen molar-refractivity contribution in [2.45, 2.75) is 51.7 Å². The van der Waals surface area contributed by atoms with Crippen molar-refractivity contribution < 1.29 is 9.53 Å². The lowest BCUT2D eigenvalue weighted by Gasteiger charge is -2.36. The summed E-state index contributed by atoms with van der Waals surface area (Å²) in [7, 11) is 0. The Morgan fingerprint density at radius 1 is 1.33 bits per heavy atom. The maximum Gasteiger partial charge on any atom is 0.223 e. The maximum absolute atomic E-state index is 12.4. The molecule has 0 aromatic heterocycles. The standard InChI is InChI=1S/C15H29N3O2.ClH/c1-11-10-14(4-5-16-11)15(19)17-12(2)13(3)18-6-8-20-9-7-18;/h11-14,16H,4-10H2,1-3H3,(H,17,19);1H/t11-,12?,13?,14-;/m0./s1. The van der Waals surface area contributed by atoms with E-state index in [2.05, 4.69) is 36.3 Å². The third-order valence-electron chi connectivity index (χ3n) is 4.71. The molecule has 0 aliphatic carbocycles. The van der Waals surface area contributed by atoms with Gasteiger partial charge in [0.25, 0.3) is 0 Å². The second-order valence-electron chi connectivity index (χ2n) is 6.26. The lowest BCUT2D eigenvalue weighted by Crippen LogP contribution is -2.53. The predicted molar refractivity (Wildman–Crippen MR) is 86.9 cm³/mol. The van der Waals surface area contributed by atoms with Gasteiger partial charge < -0.3 is 15.4 Å². The molecule has 0 radical (unpaired) electrons. The highest BCUT2D eigenvalue weighted by Gasteiger charge is 2.28. The first kappa shape index (κ1) is 18.7. The lowest BCUT2D eigenvalue weighted by atomic mass is 9.92. The van der Waals surface area contributed by atoms with Gasteiger partial charge in [0.1, 0.15) is 0 Å². The molecule has 2 N–H and O–H groups in total. The fourth-order valence-electron chi connectivity index (χ4n) is 3.13. The second kappa shape index (κ2) is 8.93. The normalized spacial score (nSPS) is 30.0. The number of hydrogen-bond acceptors (Lipinski definition) is 4. The molecule has 0 aromatic rings. The Hall–Kier alpha value is -0.360. The van der Waals surface area contributed by atoms with E-state index in [0.717, 1.165) is 45.7 Å². The van der Waals surface area contributed by atoms with Crippen molar-refractivity contribution >= 4 is 18.3 Å². The zero-order valence-electron chi connectivity index (χ0n) is 13.4. The van der Waals surface area contributed by atoms with Crippen molar-refractivity contribution in [2.24, 2.45) is 5.92 Å². The fourth-order valence-corrected chi connectivity index (χ4v) is 3.13. The Labute approximate surface area is 134 Å². The fraction of sp³-hybridized carbons (Fsp3) is 0.933. The molecule has 1 amide bonds. The smallest absolute Gasteiger partial charge is 0.223 e. The Kier molecular flexibility index (Phi) is 7.95. The van der Waals surface area contributed by atoms with E-state index in [0.29, 0.717) is 12.1 Å². The number of nitrogens with zero attached hydrogens (tertiary/aromatic N) is 1. The first-order valence-corrected chi connectivity index (χ1v) is 7.93. The number of amides is 1. The van der Waals surface area contributed by atoms with Gasteiger partial charge in [-0.3, -0.25) is 9.69 Å². The summed E-state index contributed by atoms with van der Waals surface area (Å²) in [5, 5.41) is 6.61. The van der Waals surface area contributed by atoms with Crippen LogP contribution in [0.15, 0.2) is 0 Å². The van der Waals surface area contributed by atoms with Crippen LogP contribution >= 0.6 is 12.4 Å². The Bertz CT molecular complexity index is 324. The van der Waals surface area contributed by atoms with E-state index in [4.69, 9.17) is 4.74 Å². The molecular weight excluding hydrogens is 290 g/mol. The first-order chi connectivity index (χ1) is 9.58. The van der Waals surface area contributed by atoms with Crippen LogP contribution in [0.3, 0.4) is 0 Å². The van der Waals surface area contributed by atoms with Crippen LogP contribution in [0.5, 0.6) is 0 Å². The van der Waals surface area contributed by atoms with Crippen LogP contribution in [0.1, 0.15) is 33.6 Å². The van der Waals surface area contributed by atoms with Crippen molar-refractivity contribution in [1.29, 1.82) is 0 Å². The number of halogens is 1. The molecule has 6 heteroatoms. The summed E-state index contributed by atoms with van der Waals surface area (Å²) in [6.45, 7) is 10.9. The molecule has 2 saturated heterocycles. The van der Waals surface area contributed by atoms with Crippen LogP contribution in [0.2, 0.25) is 0 Å². The molecule has 4 atom stereocenters. The minimum atomic E-state index is 0. The summed E-state index contributed by atoms with van der Waals surface area (Å²) < 4.78 is 5.38. The monoisotopic (exact) mass is 319 g/mol. The minimum absolute atomic E-state index is 0. The van der Waals surface area contributed by atoms with Crippen LogP contribution in [0, 0.1) is 5.92 Å². The van der Waals surface area contributed by atoms with E-state index in [9.17, 15) is 4.79 Å². The summed E-state index contributed by atoms with van der Waals surface area (Å²) in [6.07, 6.45) is 1.90. The predicted octanol–water partition coefficient (Wildman–Crippen LogP) is 1.02. The van der Waals surface area contributed by atoms with Crippen molar-refractivity contribution in [1.82, 2.24) is 15.5 Å². The SMILES string of the molecule is CC(NC(=O)[C@H]1CCN[C@@H](C)C1)C(C)N1CCOCC1.Cl. The molecular formula is C15H30ClN3O2. The Morgan fingerprint density at radius 2 is 2.00 bits per heavy atom. The van der Waals surface area contributed by atoms with E-state index in [1.807, 2.05) is 0 Å². The van der Waals surface area contributed by atoms with Gasteiger partial charge in [0, 0.05) is 37.1 Å². The molecule has 0 saturated carbocycles. The van der Waals surface area contributed by atoms with E-state index in [1.54, 1.807) is 0 Å². The molecule has 0 spiro atoms. The van der Waals surface area contributed by atoms with Crippen LogP contribution in [0.25, 0.3) is 0 Å². The van der Waals surface area contributed by atoms with Gasteiger partial charge in [0.05, 0.1) is 13.2 Å². The molecule has 2 heterocycles. The molecule has 0 bridgehead atoms. The van der Waals surface area contributed by atoms with Crippen molar-refractivity contribution in [2.75, 3.05) is 32.8 Å². The van der Waals surface area contributed by atoms with Crippen LogP contribution in [-0.4, -0.2) is 61.8 Å². The molecule has 2 aliphatic heterocycles. The number of hydrogen-bond donors (Lipinski definition) is 2. The summed E-state index contributed by atoms with van der Waals surface area (Å²) in [5.41, 5.74) is 0. The van der Waals surface area contributed by atoms with Gasteiger partial charge in [-0.1, -0.05) is 0 Å². The number of carbonyl (C=O) groups excluding carboxylic acids is 1. The molecule has 2 unspecified atom stereocenters. The summed E-state index contributed by atoms with van der Waals surface area (Å²) in [6, 6.07) is 0.999. The van der Waals surface area contributed by atoms with E-state index in [1.165, 1.54) is 0 Å². The summed E-state index contributed by atoms with van der Waals surface area (Å²) >= 11 is 0. The number of carbonyl (C=O) groups is 1. The maximum atomic E-state index is 12.4. The van der Waals surface area contributed by atoms with Gasteiger partial charge in [-0.15, -0.1) is 12.4 Å². The topological polar surface area (TPSA) is 53.6 Å². The van der Waals surface area contributed by atoms with Crippen molar-refractivity contribution in [3.8, 4) is 0 Å². The van der Waals surface area contributed by atoms with Crippen LogP contribution < -0.4 is 10.6 Å².